The average molecular weight is 517 g/mol. The topological polar surface area (TPSA) is 60.9 Å². The van der Waals surface area contributed by atoms with Gasteiger partial charge in [0.1, 0.15) is 5.76 Å². The van der Waals surface area contributed by atoms with Crippen LogP contribution in [0.25, 0.3) is 5.76 Å². The molecule has 1 N–H and O–H groups in total. The zero-order valence-electron chi connectivity index (χ0n) is 20.5. The maximum atomic E-state index is 13.2. The van der Waals surface area contributed by atoms with Crippen LogP contribution in [0.4, 0.5) is 0 Å². The standard InChI is InChI=1S/C28H34Cl2N2O3/c1-3-5-16-31(17-6-4-2)18-9-19-32-25(22-10-7-8-11-23(22)30)24(27(34)28(32)35)26(33)20-12-14-21(29)15-13-20/h7-8,10-15,25,33H,3-6,9,16-19H2,1-2H3/t25-/m0/s1. The number of rotatable bonds is 12. The number of aliphatic hydroxyl groups excluding tert-OH is 1. The lowest BCUT2D eigenvalue weighted by molar-refractivity contribution is -0.140. The van der Waals surface area contributed by atoms with Gasteiger partial charge in [-0.3, -0.25) is 9.59 Å². The van der Waals surface area contributed by atoms with Gasteiger partial charge in [-0.2, -0.15) is 0 Å². The highest BCUT2D eigenvalue weighted by atomic mass is 35.5. The van der Waals surface area contributed by atoms with Crippen molar-refractivity contribution in [1.29, 1.82) is 0 Å². The number of hydrogen-bond acceptors (Lipinski definition) is 4. The van der Waals surface area contributed by atoms with E-state index in [1.165, 1.54) is 0 Å². The fourth-order valence-corrected chi connectivity index (χ4v) is 4.82. The first-order valence-electron chi connectivity index (χ1n) is 12.4. The van der Waals surface area contributed by atoms with Gasteiger partial charge in [-0.05, 0) is 74.8 Å². The molecule has 0 saturated carbocycles. The Kier molecular flexibility index (Phi) is 10.2. The Morgan fingerprint density at radius 1 is 0.914 bits per heavy atom. The largest absolute Gasteiger partial charge is 0.507 e. The highest BCUT2D eigenvalue weighted by molar-refractivity contribution is 6.47. The van der Waals surface area contributed by atoms with Crippen LogP contribution in [0.15, 0.2) is 54.1 Å². The first-order valence-corrected chi connectivity index (χ1v) is 13.2. The van der Waals surface area contributed by atoms with Crippen molar-refractivity contribution in [3.63, 3.8) is 0 Å². The van der Waals surface area contributed by atoms with Crippen LogP contribution in [0, 0.1) is 0 Å². The Balaban J connectivity index is 1.92. The molecule has 1 heterocycles. The molecule has 1 aliphatic heterocycles. The predicted octanol–water partition coefficient (Wildman–Crippen LogP) is 6.71. The maximum absolute atomic E-state index is 13.2. The molecule has 1 atom stereocenters. The van der Waals surface area contributed by atoms with Crippen molar-refractivity contribution in [2.24, 2.45) is 0 Å². The van der Waals surface area contributed by atoms with Crippen molar-refractivity contribution in [2.45, 2.75) is 52.0 Å². The summed E-state index contributed by atoms with van der Waals surface area (Å²) in [6.07, 6.45) is 5.26. The molecule has 7 heteroatoms. The summed E-state index contributed by atoms with van der Waals surface area (Å²) in [6.45, 7) is 7.66. The van der Waals surface area contributed by atoms with Gasteiger partial charge in [0, 0.05) is 22.2 Å². The van der Waals surface area contributed by atoms with Crippen LogP contribution in [-0.4, -0.2) is 52.8 Å². The number of hydrogen-bond donors (Lipinski definition) is 1. The maximum Gasteiger partial charge on any atom is 0.295 e. The van der Waals surface area contributed by atoms with Crippen LogP contribution in [0.2, 0.25) is 10.0 Å². The number of Topliss-reactive ketones (excluding diaryl/α,β-unsaturated/α-hetero) is 1. The third-order valence-electron chi connectivity index (χ3n) is 6.39. The average Bonchev–Trinajstić information content (AvgIpc) is 3.10. The molecular formula is C28H34Cl2N2O3. The van der Waals surface area contributed by atoms with Gasteiger partial charge in [-0.25, -0.2) is 0 Å². The van der Waals surface area contributed by atoms with Gasteiger partial charge < -0.3 is 14.9 Å². The third kappa shape index (κ3) is 6.66. The first kappa shape index (κ1) is 27.3. The molecule has 2 aromatic rings. The molecule has 2 aromatic carbocycles. The van der Waals surface area contributed by atoms with Gasteiger partial charge in [-0.15, -0.1) is 0 Å². The lowest BCUT2D eigenvalue weighted by Crippen LogP contribution is -2.34. The Labute approximate surface area is 218 Å². The van der Waals surface area contributed by atoms with Gasteiger partial charge in [0.2, 0.25) is 0 Å². The van der Waals surface area contributed by atoms with Gasteiger partial charge >= 0.3 is 0 Å². The van der Waals surface area contributed by atoms with E-state index in [1.54, 1.807) is 47.4 Å². The van der Waals surface area contributed by atoms with Crippen molar-refractivity contribution in [2.75, 3.05) is 26.2 Å². The lowest BCUT2D eigenvalue weighted by atomic mass is 9.95. The Morgan fingerprint density at radius 3 is 2.11 bits per heavy atom. The van der Waals surface area contributed by atoms with Gasteiger partial charge in [0.05, 0.1) is 11.6 Å². The van der Waals surface area contributed by atoms with E-state index in [0.717, 1.165) is 51.7 Å². The summed E-state index contributed by atoms with van der Waals surface area (Å²) in [5.41, 5.74) is 1.10. The zero-order chi connectivity index (χ0) is 25.4. The van der Waals surface area contributed by atoms with Crippen LogP contribution in [0.5, 0.6) is 0 Å². The second-order valence-corrected chi connectivity index (χ2v) is 9.77. The minimum Gasteiger partial charge on any atom is -0.507 e. The lowest BCUT2D eigenvalue weighted by Gasteiger charge is -2.28. The molecule has 1 fully saturated rings. The van der Waals surface area contributed by atoms with Crippen molar-refractivity contribution < 1.29 is 14.7 Å². The molecule has 5 nitrogen and oxygen atoms in total. The second kappa shape index (κ2) is 13.1. The van der Waals surface area contributed by atoms with E-state index in [0.29, 0.717) is 27.7 Å². The zero-order valence-corrected chi connectivity index (χ0v) is 22.0. The molecular weight excluding hydrogens is 483 g/mol. The van der Waals surface area contributed by atoms with E-state index in [4.69, 9.17) is 23.2 Å². The molecule has 1 amide bonds. The Bertz CT molecular complexity index is 1040. The fraction of sp³-hybridized carbons (Fsp3) is 0.429. The quantitative estimate of drug-likeness (QED) is 0.193. The SMILES string of the molecule is CCCCN(CCCC)CCCN1C(=O)C(=O)C(=C(O)c2ccc(Cl)cc2)[C@@H]1c1ccccc1Cl. The summed E-state index contributed by atoms with van der Waals surface area (Å²) in [5, 5.41) is 12.1. The Morgan fingerprint density at radius 2 is 1.51 bits per heavy atom. The molecule has 1 saturated heterocycles. The molecule has 188 valence electrons. The fourth-order valence-electron chi connectivity index (χ4n) is 4.46. The molecule has 0 bridgehead atoms. The van der Waals surface area contributed by atoms with E-state index in [1.807, 2.05) is 6.07 Å². The molecule has 0 unspecified atom stereocenters. The molecule has 0 radical (unpaired) electrons. The molecule has 0 aliphatic carbocycles. The van der Waals surface area contributed by atoms with Gasteiger partial charge in [0.25, 0.3) is 11.7 Å². The number of carbonyl (C=O) groups excluding carboxylic acids is 2. The monoisotopic (exact) mass is 516 g/mol. The van der Waals surface area contributed by atoms with Gasteiger partial charge in [-0.1, -0.05) is 68.1 Å². The number of unbranched alkanes of at least 4 members (excludes halogenated alkanes) is 2. The summed E-state index contributed by atoms with van der Waals surface area (Å²) in [4.78, 5) is 30.3. The van der Waals surface area contributed by atoms with Crippen LogP contribution in [0.3, 0.4) is 0 Å². The second-order valence-electron chi connectivity index (χ2n) is 8.92. The third-order valence-corrected chi connectivity index (χ3v) is 6.98. The number of carbonyl (C=O) groups is 2. The van der Waals surface area contributed by atoms with E-state index in [9.17, 15) is 14.7 Å². The van der Waals surface area contributed by atoms with Crippen LogP contribution in [0.1, 0.15) is 63.1 Å². The van der Waals surface area contributed by atoms with Crippen molar-refractivity contribution >= 4 is 40.7 Å². The van der Waals surface area contributed by atoms with Crippen molar-refractivity contribution in [1.82, 2.24) is 9.80 Å². The number of nitrogens with zero attached hydrogens (tertiary/aromatic N) is 2. The van der Waals surface area contributed by atoms with E-state index < -0.39 is 17.7 Å². The summed E-state index contributed by atoms with van der Waals surface area (Å²) in [6, 6.07) is 12.9. The van der Waals surface area contributed by atoms with Crippen molar-refractivity contribution in [3.05, 3.63) is 75.3 Å². The molecule has 0 aromatic heterocycles. The van der Waals surface area contributed by atoms with Crippen LogP contribution >= 0.6 is 23.2 Å². The first-order chi connectivity index (χ1) is 16.9. The summed E-state index contributed by atoms with van der Waals surface area (Å²) >= 11 is 12.5. The van der Waals surface area contributed by atoms with Crippen LogP contribution in [-0.2, 0) is 9.59 Å². The molecule has 3 rings (SSSR count). The highest BCUT2D eigenvalue weighted by Gasteiger charge is 2.46. The van der Waals surface area contributed by atoms with Gasteiger partial charge in [0.15, 0.2) is 0 Å². The van der Waals surface area contributed by atoms with Crippen molar-refractivity contribution in [3.8, 4) is 0 Å². The summed E-state index contributed by atoms with van der Waals surface area (Å²) in [5.74, 6) is -1.53. The molecule has 0 spiro atoms. The number of halogens is 2. The van der Waals surface area contributed by atoms with E-state index in [2.05, 4.69) is 18.7 Å². The van der Waals surface area contributed by atoms with E-state index >= 15 is 0 Å². The minimum atomic E-state index is -0.751. The number of likely N-dealkylation sites (tertiary alicyclic amines) is 1. The number of ketones is 1. The van der Waals surface area contributed by atoms with Crippen LogP contribution < -0.4 is 0 Å². The smallest absolute Gasteiger partial charge is 0.295 e. The minimum absolute atomic E-state index is 0.0549. The number of benzene rings is 2. The number of amides is 1. The highest BCUT2D eigenvalue weighted by Crippen LogP contribution is 2.41. The number of aliphatic hydroxyl groups is 1. The summed E-state index contributed by atoms with van der Waals surface area (Å²) in [7, 11) is 0. The normalized spacial score (nSPS) is 17.5. The van der Waals surface area contributed by atoms with E-state index in [-0.39, 0.29) is 11.3 Å². The molecule has 1 aliphatic rings. The molecule has 35 heavy (non-hydrogen) atoms. The Hall–Kier alpha value is -2.34. The predicted molar refractivity (Wildman–Crippen MR) is 143 cm³/mol. The summed E-state index contributed by atoms with van der Waals surface area (Å²) < 4.78 is 0.